The number of carbonyl (C=O) groups is 1. The number of alkyl carbamates (subject to hydrolysis) is 1. The predicted octanol–water partition coefficient (Wildman–Crippen LogP) is 3.52. The van der Waals surface area contributed by atoms with Crippen LogP contribution in [0.25, 0.3) is 0 Å². The topological polar surface area (TPSA) is 90.7 Å². The van der Waals surface area contributed by atoms with Crippen LogP contribution in [0.1, 0.15) is 26.3 Å². The van der Waals surface area contributed by atoms with E-state index in [4.69, 9.17) is 4.74 Å². The van der Waals surface area contributed by atoms with Crippen LogP contribution in [0.5, 0.6) is 5.75 Å². The molecule has 0 aliphatic carbocycles. The van der Waals surface area contributed by atoms with Crippen LogP contribution in [0, 0.1) is 10.1 Å². The molecule has 0 aliphatic heterocycles. The molecule has 1 amide bonds. The van der Waals surface area contributed by atoms with Gasteiger partial charge in [-0.3, -0.25) is 10.1 Å². The molecule has 0 fully saturated rings. The number of halogens is 3. The van der Waals surface area contributed by atoms with Crippen LogP contribution in [0.2, 0.25) is 0 Å². The molecule has 23 heavy (non-hydrogen) atoms. The number of nitrogens with zero attached hydrogens (tertiary/aromatic N) is 1. The van der Waals surface area contributed by atoms with Crippen LogP contribution in [-0.4, -0.2) is 23.0 Å². The molecule has 1 aromatic rings. The van der Waals surface area contributed by atoms with Crippen molar-refractivity contribution in [1.82, 2.24) is 5.32 Å². The first kappa shape index (κ1) is 18.5. The fraction of sp³-hybridized carbons (Fsp3) is 0.462. The molecule has 0 bridgehead atoms. The fourth-order valence-electron chi connectivity index (χ4n) is 1.52. The number of rotatable bonds is 4. The van der Waals surface area contributed by atoms with Gasteiger partial charge in [0.05, 0.1) is 11.5 Å². The average Bonchev–Trinajstić information content (AvgIpc) is 2.33. The molecule has 128 valence electrons. The lowest BCUT2D eigenvalue weighted by Gasteiger charge is -2.20. The molecule has 0 unspecified atom stereocenters. The van der Waals surface area contributed by atoms with E-state index in [0.29, 0.717) is 0 Å². The number of nitro benzene ring substituents is 1. The van der Waals surface area contributed by atoms with Crippen LogP contribution in [0.3, 0.4) is 0 Å². The third kappa shape index (κ3) is 6.85. The number of carbonyl (C=O) groups excluding carboxylic acids is 1. The summed E-state index contributed by atoms with van der Waals surface area (Å²) in [5, 5.41) is 12.9. The predicted molar refractivity (Wildman–Crippen MR) is 72.9 cm³/mol. The summed E-state index contributed by atoms with van der Waals surface area (Å²) in [6, 6.07) is 2.58. The minimum Gasteiger partial charge on any atom is -0.444 e. The van der Waals surface area contributed by atoms with Gasteiger partial charge in [0.1, 0.15) is 11.4 Å². The van der Waals surface area contributed by atoms with E-state index in [-0.39, 0.29) is 5.56 Å². The van der Waals surface area contributed by atoms with Gasteiger partial charge in [-0.05, 0) is 26.8 Å². The van der Waals surface area contributed by atoms with E-state index in [2.05, 4.69) is 10.1 Å². The third-order valence-corrected chi connectivity index (χ3v) is 2.30. The maximum Gasteiger partial charge on any atom is 0.573 e. The van der Waals surface area contributed by atoms with Crippen molar-refractivity contribution in [3.63, 3.8) is 0 Å². The van der Waals surface area contributed by atoms with Crippen molar-refractivity contribution >= 4 is 11.8 Å². The van der Waals surface area contributed by atoms with Gasteiger partial charge in [0.2, 0.25) is 0 Å². The Morgan fingerprint density at radius 1 is 1.30 bits per heavy atom. The molecule has 0 saturated heterocycles. The quantitative estimate of drug-likeness (QED) is 0.671. The zero-order chi connectivity index (χ0) is 17.8. The summed E-state index contributed by atoms with van der Waals surface area (Å²) in [4.78, 5) is 21.5. The Kier molecular flexibility index (Phi) is 5.41. The Bertz CT molecular complexity index is 596. The van der Waals surface area contributed by atoms with E-state index in [9.17, 15) is 28.1 Å². The van der Waals surface area contributed by atoms with Gasteiger partial charge >= 0.3 is 12.5 Å². The van der Waals surface area contributed by atoms with Gasteiger partial charge in [-0.2, -0.15) is 0 Å². The Labute approximate surface area is 129 Å². The number of benzene rings is 1. The van der Waals surface area contributed by atoms with Gasteiger partial charge < -0.3 is 14.8 Å². The molecule has 1 rings (SSSR count). The fourth-order valence-corrected chi connectivity index (χ4v) is 1.52. The maximum atomic E-state index is 12.3. The van der Waals surface area contributed by atoms with Crippen molar-refractivity contribution in [1.29, 1.82) is 0 Å². The smallest absolute Gasteiger partial charge is 0.444 e. The summed E-state index contributed by atoms with van der Waals surface area (Å²) in [7, 11) is 0. The summed E-state index contributed by atoms with van der Waals surface area (Å²) in [5.74, 6) is -0.640. The number of ether oxygens (including phenoxy) is 2. The lowest BCUT2D eigenvalue weighted by molar-refractivity contribution is -0.385. The SMILES string of the molecule is CC(C)(C)OC(=O)NCc1cc([N+](=O)[O-])ccc1OC(F)(F)F. The summed E-state index contributed by atoms with van der Waals surface area (Å²) in [6.45, 7) is 4.40. The molecule has 1 aromatic carbocycles. The first-order valence-corrected chi connectivity index (χ1v) is 6.37. The van der Waals surface area contributed by atoms with Crippen molar-refractivity contribution < 1.29 is 32.4 Å². The second-order valence-electron chi connectivity index (χ2n) is 5.45. The molecule has 0 heterocycles. The molecular formula is C13H15F3N2O5. The monoisotopic (exact) mass is 336 g/mol. The van der Waals surface area contributed by atoms with Crippen molar-refractivity contribution in [2.24, 2.45) is 0 Å². The minimum atomic E-state index is -4.96. The Morgan fingerprint density at radius 3 is 2.39 bits per heavy atom. The molecular weight excluding hydrogens is 321 g/mol. The highest BCUT2D eigenvalue weighted by atomic mass is 19.4. The summed E-state index contributed by atoms with van der Waals surface area (Å²) >= 11 is 0. The number of hydrogen-bond acceptors (Lipinski definition) is 5. The van der Waals surface area contributed by atoms with Gasteiger partial charge in [0.15, 0.2) is 0 Å². The zero-order valence-corrected chi connectivity index (χ0v) is 12.6. The summed E-state index contributed by atoms with van der Waals surface area (Å²) < 4.78 is 45.7. The highest BCUT2D eigenvalue weighted by Gasteiger charge is 2.32. The van der Waals surface area contributed by atoms with Gasteiger partial charge in [0.25, 0.3) is 5.69 Å². The third-order valence-electron chi connectivity index (χ3n) is 2.30. The maximum absolute atomic E-state index is 12.3. The first-order valence-electron chi connectivity index (χ1n) is 6.37. The Balaban J connectivity index is 2.94. The van der Waals surface area contributed by atoms with Crippen LogP contribution < -0.4 is 10.1 Å². The van der Waals surface area contributed by atoms with E-state index in [1.165, 1.54) is 0 Å². The van der Waals surface area contributed by atoms with Crippen LogP contribution >= 0.6 is 0 Å². The molecule has 0 aliphatic rings. The standard InChI is InChI=1S/C13H15F3N2O5/c1-12(2,3)23-11(19)17-7-8-6-9(18(20)21)4-5-10(8)22-13(14,15)16/h4-6H,7H2,1-3H3,(H,17,19). The lowest BCUT2D eigenvalue weighted by Crippen LogP contribution is -2.32. The molecule has 7 nitrogen and oxygen atoms in total. The van der Waals surface area contributed by atoms with E-state index >= 15 is 0 Å². The van der Waals surface area contributed by atoms with Gasteiger partial charge in [-0.1, -0.05) is 0 Å². The number of hydrogen-bond donors (Lipinski definition) is 1. The first-order chi connectivity index (χ1) is 10.4. The van der Waals surface area contributed by atoms with Crippen molar-refractivity contribution in [3.05, 3.63) is 33.9 Å². The van der Waals surface area contributed by atoms with E-state index in [1.54, 1.807) is 20.8 Å². The molecule has 0 atom stereocenters. The highest BCUT2D eigenvalue weighted by Crippen LogP contribution is 2.29. The van der Waals surface area contributed by atoms with Crippen LogP contribution in [0.15, 0.2) is 18.2 Å². The highest BCUT2D eigenvalue weighted by molar-refractivity contribution is 5.68. The zero-order valence-electron chi connectivity index (χ0n) is 12.6. The van der Waals surface area contributed by atoms with Gasteiger partial charge in [-0.25, -0.2) is 4.79 Å². The second kappa shape index (κ2) is 6.71. The molecule has 0 aromatic heterocycles. The van der Waals surface area contributed by atoms with Gasteiger partial charge in [0, 0.05) is 17.7 Å². The molecule has 0 radical (unpaired) electrons. The van der Waals surface area contributed by atoms with Gasteiger partial charge in [-0.15, -0.1) is 13.2 Å². The van der Waals surface area contributed by atoms with Crippen molar-refractivity contribution in [2.75, 3.05) is 0 Å². The molecule has 0 saturated carbocycles. The number of alkyl halides is 3. The van der Waals surface area contributed by atoms with E-state index in [1.807, 2.05) is 0 Å². The van der Waals surface area contributed by atoms with Crippen LogP contribution in [-0.2, 0) is 11.3 Å². The summed E-state index contributed by atoms with van der Waals surface area (Å²) in [6.07, 6.45) is -5.83. The average molecular weight is 336 g/mol. The largest absolute Gasteiger partial charge is 0.573 e. The normalized spacial score (nSPS) is 11.7. The van der Waals surface area contributed by atoms with Crippen LogP contribution in [0.4, 0.5) is 23.7 Å². The molecule has 10 heteroatoms. The Hall–Kier alpha value is -2.52. The van der Waals surface area contributed by atoms with E-state index in [0.717, 1.165) is 18.2 Å². The minimum absolute atomic E-state index is 0.206. The number of non-ortho nitro benzene ring substituents is 1. The number of amides is 1. The number of nitrogens with one attached hydrogen (secondary N) is 1. The summed E-state index contributed by atoms with van der Waals surface area (Å²) in [5.41, 5.74) is -1.43. The van der Waals surface area contributed by atoms with E-state index < -0.39 is 41.0 Å². The Morgan fingerprint density at radius 2 is 1.91 bits per heavy atom. The van der Waals surface area contributed by atoms with Crippen molar-refractivity contribution in [3.8, 4) is 5.75 Å². The number of nitro groups is 1. The molecule has 1 N–H and O–H groups in total. The lowest BCUT2D eigenvalue weighted by atomic mass is 10.1. The molecule has 0 spiro atoms. The van der Waals surface area contributed by atoms with Crippen molar-refractivity contribution in [2.45, 2.75) is 39.3 Å². The second-order valence-corrected chi connectivity index (χ2v) is 5.45.